The molecule has 3 N–H and O–H groups in total. The van der Waals surface area contributed by atoms with E-state index in [0.717, 1.165) is 0 Å². The van der Waals surface area contributed by atoms with Crippen molar-refractivity contribution >= 4 is 23.5 Å². The molecule has 0 bridgehead atoms. The summed E-state index contributed by atoms with van der Waals surface area (Å²) in [6, 6.07) is 3.03. The quantitative estimate of drug-likeness (QED) is 0.684. The minimum Gasteiger partial charge on any atom is -0.487 e. The topological polar surface area (TPSA) is 96.5 Å². The molecular weight excluding hydrogens is 312 g/mol. The van der Waals surface area contributed by atoms with Crippen molar-refractivity contribution in [2.24, 2.45) is 0 Å². The van der Waals surface area contributed by atoms with Crippen molar-refractivity contribution in [3.63, 3.8) is 0 Å². The molecule has 1 aromatic rings. The molecule has 1 unspecified atom stereocenters. The fraction of sp³-hybridized carbons (Fsp3) is 0.357. The highest BCUT2D eigenvalue weighted by Crippen LogP contribution is 2.23. The van der Waals surface area contributed by atoms with E-state index in [1.807, 2.05) is 5.32 Å². The van der Waals surface area contributed by atoms with Gasteiger partial charge in [0.15, 0.2) is 0 Å². The van der Waals surface area contributed by atoms with Crippen LogP contribution in [-0.2, 0) is 9.59 Å². The Morgan fingerprint density at radius 2 is 2.13 bits per heavy atom. The summed E-state index contributed by atoms with van der Waals surface area (Å²) in [5, 5.41) is 6.85. The van der Waals surface area contributed by atoms with Gasteiger partial charge in [0.1, 0.15) is 18.4 Å². The molecule has 0 radical (unpaired) electrons. The van der Waals surface area contributed by atoms with Gasteiger partial charge in [-0.25, -0.2) is 13.6 Å². The number of alkyl halides is 2. The lowest BCUT2D eigenvalue weighted by Crippen LogP contribution is -2.33. The van der Waals surface area contributed by atoms with E-state index in [9.17, 15) is 23.2 Å². The zero-order chi connectivity index (χ0) is 17.0. The predicted molar refractivity (Wildman–Crippen MR) is 76.4 cm³/mol. The number of urea groups is 1. The summed E-state index contributed by atoms with van der Waals surface area (Å²) in [5.41, 5.74) is 0.987. The lowest BCUT2D eigenvalue weighted by molar-refractivity contribution is -0.124. The molecule has 9 heteroatoms. The number of hydrogen-bond donors (Lipinski definition) is 3. The minimum absolute atomic E-state index is 0.231. The van der Waals surface area contributed by atoms with Crippen molar-refractivity contribution in [2.45, 2.75) is 25.8 Å². The van der Waals surface area contributed by atoms with Crippen molar-refractivity contribution in [3.8, 4) is 5.75 Å². The first-order valence-electron chi connectivity index (χ1n) is 6.78. The van der Waals surface area contributed by atoms with Crippen molar-refractivity contribution in [3.05, 3.63) is 23.8 Å². The summed E-state index contributed by atoms with van der Waals surface area (Å²) in [7, 11) is 0. The van der Waals surface area contributed by atoms with Crippen molar-refractivity contribution in [2.75, 3.05) is 11.9 Å². The zero-order valence-corrected chi connectivity index (χ0v) is 12.2. The Balaban J connectivity index is 1.96. The van der Waals surface area contributed by atoms with Gasteiger partial charge in [0.2, 0.25) is 5.91 Å². The highest BCUT2D eigenvalue weighted by molar-refractivity contribution is 6.06. The number of halogens is 2. The van der Waals surface area contributed by atoms with Crippen LogP contribution in [0.2, 0.25) is 0 Å². The van der Waals surface area contributed by atoms with E-state index in [4.69, 9.17) is 4.74 Å². The predicted octanol–water partition coefficient (Wildman–Crippen LogP) is 1.18. The second-order valence-corrected chi connectivity index (χ2v) is 4.95. The fourth-order valence-corrected chi connectivity index (χ4v) is 1.99. The van der Waals surface area contributed by atoms with E-state index < -0.39 is 36.9 Å². The van der Waals surface area contributed by atoms with Gasteiger partial charge in [-0.15, -0.1) is 0 Å². The maximum Gasteiger partial charge on any atom is 0.322 e. The average molecular weight is 327 g/mol. The number of ether oxygens (including phenoxy) is 1. The first-order valence-corrected chi connectivity index (χ1v) is 6.78. The maximum atomic E-state index is 12.2. The van der Waals surface area contributed by atoms with Crippen LogP contribution < -0.4 is 20.7 Å². The van der Waals surface area contributed by atoms with Crippen LogP contribution in [0.4, 0.5) is 19.3 Å². The van der Waals surface area contributed by atoms with Crippen LogP contribution in [0.5, 0.6) is 5.75 Å². The SMILES string of the molecule is Cc1ccc(NC(=O)CC2NC(=O)NC2=O)cc1OCC(F)F. The molecule has 1 heterocycles. The Morgan fingerprint density at radius 3 is 2.74 bits per heavy atom. The first-order chi connectivity index (χ1) is 10.8. The van der Waals surface area contributed by atoms with Gasteiger partial charge in [0.05, 0.1) is 6.42 Å². The van der Waals surface area contributed by atoms with Gasteiger partial charge in [-0.05, 0) is 18.6 Å². The molecule has 1 atom stereocenters. The molecule has 1 fully saturated rings. The number of hydrogen-bond acceptors (Lipinski definition) is 4. The average Bonchev–Trinajstić information content (AvgIpc) is 2.77. The van der Waals surface area contributed by atoms with Crippen molar-refractivity contribution in [1.82, 2.24) is 10.6 Å². The van der Waals surface area contributed by atoms with Gasteiger partial charge in [0, 0.05) is 11.8 Å². The molecule has 124 valence electrons. The maximum absolute atomic E-state index is 12.2. The van der Waals surface area contributed by atoms with Crippen LogP contribution in [0.15, 0.2) is 18.2 Å². The van der Waals surface area contributed by atoms with Crippen LogP contribution in [0.3, 0.4) is 0 Å². The minimum atomic E-state index is -2.60. The number of aryl methyl sites for hydroxylation is 1. The third kappa shape index (κ3) is 4.63. The lowest BCUT2D eigenvalue weighted by Gasteiger charge is -2.12. The van der Waals surface area contributed by atoms with Gasteiger partial charge in [-0.3, -0.25) is 14.9 Å². The summed E-state index contributed by atoms with van der Waals surface area (Å²) in [4.78, 5) is 34.2. The number of benzene rings is 1. The molecule has 0 saturated carbocycles. The Morgan fingerprint density at radius 1 is 1.39 bits per heavy atom. The van der Waals surface area contributed by atoms with Gasteiger partial charge in [-0.2, -0.15) is 0 Å². The molecule has 23 heavy (non-hydrogen) atoms. The summed E-state index contributed by atoms with van der Waals surface area (Å²) in [6.07, 6.45) is -2.84. The summed E-state index contributed by atoms with van der Waals surface area (Å²) < 4.78 is 29.3. The highest BCUT2D eigenvalue weighted by atomic mass is 19.3. The van der Waals surface area contributed by atoms with E-state index in [1.165, 1.54) is 6.07 Å². The molecule has 2 rings (SSSR count). The molecule has 1 aromatic carbocycles. The zero-order valence-electron chi connectivity index (χ0n) is 12.2. The Kier molecular flexibility index (Phi) is 5.09. The normalized spacial score (nSPS) is 17.0. The molecule has 0 aromatic heterocycles. The van der Waals surface area contributed by atoms with Crippen LogP contribution in [-0.4, -0.2) is 36.9 Å². The van der Waals surface area contributed by atoms with Gasteiger partial charge < -0.3 is 15.4 Å². The standard InChI is InChI=1S/C14H15F2N3O4/c1-7-2-3-8(4-10(7)23-6-11(15)16)17-12(20)5-9-13(21)19-14(22)18-9/h2-4,9,11H,5-6H2,1H3,(H,17,20)(H2,18,19,21,22). The number of rotatable bonds is 6. The molecule has 0 aliphatic carbocycles. The molecule has 1 aliphatic heterocycles. The number of anilines is 1. The van der Waals surface area contributed by atoms with Crippen LogP contribution >= 0.6 is 0 Å². The third-order valence-electron chi connectivity index (χ3n) is 3.08. The number of imide groups is 1. The van der Waals surface area contributed by atoms with Crippen LogP contribution in [0, 0.1) is 6.92 Å². The van der Waals surface area contributed by atoms with Crippen molar-refractivity contribution in [1.29, 1.82) is 0 Å². The highest BCUT2D eigenvalue weighted by Gasteiger charge is 2.31. The van der Waals surface area contributed by atoms with E-state index >= 15 is 0 Å². The van der Waals surface area contributed by atoms with Gasteiger partial charge in [0.25, 0.3) is 12.3 Å². The second-order valence-electron chi connectivity index (χ2n) is 4.95. The second kappa shape index (κ2) is 7.03. The summed E-state index contributed by atoms with van der Waals surface area (Å²) in [5.74, 6) is -0.846. The molecule has 1 saturated heterocycles. The Hall–Kier alpha value is -2.71. The smallest absolute Gasteiger partial charge is 0.322 e. The first kappa shape index (κ1) is 16.7. The molecule has 7 nitrogen and oxygen atoms in total. The number of carbonyl (C=O) groups is 3. The summed E-state index contributed by atoms with van der Waals surface area (Å²) >= 11 is 0. The van der Waals surface area contributed by atoms with Crippen LogP contribution in [0.1, 0.15) is 12.0 Å². The number of nitrogens with one attached hydrogen (secondary N) is 3. The molecule has 0 spiro atoms. The number of amides is 4. The lowest BCUT2D eigenvalue weighted by atomic mass is 10.1. The van der Waals surface area contributed by atoms with E-state index in [-0.39, 0.29) is 12.2 Å². The molecule has 4 amide bonds. The largest absolute Gasteiger partial charge is 0.487 e. The molecule has 1 aliphatic rings. The van der Waals surface area contributed by atoms with Crippen molar-refractivity contribution < 1.29 is 27.9 Å². The number of carbonyl (C=O) groups excluding carboxylic acids is 3. The monoisotopic (exact) mass is 327 g/mol. The summed E-state index contributed by atoms with van der Waals surface area (Å²) in [6.45, 7) is 0.942. The van der Waals surface area contributed by atoms with E-state index in [1.54, 1.807) is 19.1 Å². The van der Waals surface area contributed by atoms with Crippen LogP contribution in [0.25, 0.3) is 0 Å². The van der Waals surface area contributed by atoms with Gasteiger partial charge in [-0.1, -0.05) is 6.07 Å². The Labute approximate surface area is 130 Å². The third-order valence-corrected chi connectivity index (χ3v) is 3.08. The van der Waals surface area contributed by atoms with Gasteiger partial charge >= 0.3 is 6.03 Å². The van der Waals surface area contributed by atoms with E-state index in [2.05, 4.69) is 10.6 Å². The Bertz CT molecular complexity index is 636. The fourth-order valence-electron chi connectivity index (χ4n) is 1.99. The van der Waals surface area contributed by atoms with E-state index in [0.29, 0.717) is 11.3 Å². The molecular formula is C14H15F2N3O4.